The minimum absolute atomic E-state index is 0.350. The molecular formula is C20H21N3O3. The van der Waals surface area contributed by atoms with Gasteiger partial charge in [0.25, 0.3) is 0 Å². The molecule has 0 saturated heterocycles. The number of pyridine rings is 1. The maximum Gasteiger partial charge on any atom is 0.323 e. The number of ether oxygens (including phenoxy) is 2. The van der Waals surface area contributed by atoms with Crippen molar-refractivity contribution in [3.05, 3.63) is 53.7 Å². The molecule has 6 heteroatoms. The maximum atomic E-state index is 12.5. The molecule has 0 radical (unpaired) electrons. The molecule has 3 aromatic rings. The van der Waals surface area contributed by atoms with E-state index in [0.29, 0.717) is 17.1 Å². The molecule has 0 saturated carbocycles. The molecule has 0 aliphatic carbocycles. The first-order valence-electron chi connectivity index (χ1n) is 8.18. The molecule has 0 atom stereocenters. The van der Waals surface area contributed by atoms with E-state index in [2.05, 4.69) is 15.6 Å². The normalized spacial score (nSPS) is 10.5. The van der Waals surface area contributed by atoms with E-state index in [1.54, 1.807) is 14.2 Å². The lowest BCUT2D eigenvalue weighted by Gasteiger charge is -2.14. The van der Waals surface area contributed by atoms with Crippen molar-refractivity contribution in [1.82, 2.24) is 4.98 Å². The minimum Gasteiger partial charge on any atom is -0.497 e. The van der Waals surface area contributed by atoms with Crippen LogP contribution in [-0.2, 0) is 0 Å². The van der Waals surface area contributed by atoms with Crippen molar-refractivity contribution in [2.75, 3.05) is 24.9 Å². The van der Waals surface area contributed by atoms with Gasteiger partial charge in [-0.15, -0.1) is 0 Å². The molecule has 0 unspecified atom stereocenters. The van der Waals surface area contributed by atoms with Gasteiger partial charge in [-0.3, -0.25) is 4.98 Å². The number of carbonyl (C=O) groups is 1. The van der Waals surface area contributed by atoms with Crippen LogP contribution in [0.1, 0.15) is 11.3 Å². The Bertz CT molecular complexity index is 970. The van der Waals surface area contributed by atoms with E-state index in [-0.39, 0.29) is 6.03 Å². The second-order valence-corrected chi connectivity index (χ2v) is 5.98. The number of methoxy groups -OCH3 is 2. The van der Waals surface area contributed by atoms with Gasteiger partial charge in [-0.2, -0.15) is 0 Å². The van der Waals surface area contributed by atoms with E-state index in [4.69, 9.17) is 9.47 Å². The number of nitrogens with zero attached hydrogens (tertiary/aromatic N) is 1. The van der Waals surface area contributed by atoms with Gasteiger partial charge in [0.05, 0.1) is 31.1 Å². The average Bonchev–Trinajstić information content (AvgIpc) is 2.61. The quantitative estimate of drug-likeness (QED) is 0.725. The number of nitrogens with one attached hydrogen (secondary N) is 2. The van der Waals surface area contributed by atoms with Crippen molar-refractivity contribution < 1.29 is 14.3 Å². The highest BCUT2D eigenvalue weighted by atomic mass is 16.5. The second kappa shape index (κ2) is 7.31. The summed E-state index contributed by atoms with van der Waals surface area (Å²) in [5, 5.41) is 6.57. The Kier molecular flexibility index (Phi) is 4.93. The Labute approximate surface area is 152 Å². The van der Waals surface area contributed by atoms with Gasteiger partial charge in [-0.05, 0) is 49.7 Å². The number of rotatable bonds is 4. The topological polar surface area (TPSA) is 72.5 Å². The molecule has 0 fully saturated rings. The van der Waals surface area contributed by atoms with E-state index in [0.717, 1.165) is 27.9 Å². The third kappa shape index (κ3) is 3.69. The molecule has 134 valence electrons. The zero-order chi connectivity index (χ0) is 18.7. The summed E-state index contributed by atoms with van der Waals surface area (Å²) in [6.07, 6.45) is 0. The number of aryl methyl sites for hydroxylation is 2. The minimum atomic E-state index is -0.350. The Balaban J connectivity index is 1.89. The Morgan fingerprint density at radius 2 is 1.69 bits per heavy atom. The number of hydrogen-bond donors (Lipinski definition) is 2. The molecule has 0 spiro atoms. The molecule has 1 aromatic heterocycles. The molecule has 6 nitrogen and oxygen atoms in total. The fraction of sp³-hybridized carbons (Fsp3) is 0.200. The molecule has 26 heavy (non-hydrogen) atoms. The van der Waals surface area contributed by atoms with Crippen LogP contribution in [0.15, 0.2) is 42.5 Å². The third-order valence-electron chi connectivity index (χ3n) is 4.00. The van der Waals surface area contributed by atoms with Crippen LogP contribution in [0.25, 0.3) is 10.9 Å². The summed E-state index contributed by atoms with van der Waals surface area (Å²) in [6.45, 7) is 3.83. The van der Waals surface area contributed by atoms with Crippen LogP contribution in [0.5, 0.6) is 11.5 Å². The van der Waals surface area contributed by atoms with Crippen LogP contribution in [0.4, 0.5) is 16.2 Å². The number of anilines is 2. The van der Waals surface area contributed by atoms with Crippen molar-refractivity contribution in [3.63, 3.8) is 0 Å². The summed E-state index contributed by atoms with van der Waals surface area (Å²) in [4.78, 5) is 17.0. The van der Waals surface area contributed by atoms with E-state index >= 15 is 0 Å². The van der Waals surface area contributed by atoms with Crippen LogP contribution in [0.2, 0.25) is 0 Å². The van der Waals surface area contributed by atoms with Crippen LogP contribution in [-0.4, -0.2) is 25.2 Å². The summed E-state index contributed by atoms with van der Waals surface area (Å²) < 4.78 is 10.5. The molecule has 0 aliphatic rings. The number of hydrogen-bond acceptors (Lipinski definition) is 4. The molecule has 1 heterocycles. The van der Waals surface area contributed by atoms with Gasteiger partial charge in [0.15, 0.2) is 0 Å². The first kappa shape index (κ1) is 17.5. The first-order valence-corrected chi connectivity index (χ1v) is 8.18. The molecule has 0 aliphatic heterocycles. The van der Waals surface area contributed by atoms with E-state index < -0.39 is 0 Å². The highest BCUT2D eigenvalue weighted by molar-refractivity contribution is 6.06. The molecule has 2 N–H and O–H groups in total. The van der Waals surface area contributed by atoms with Crippen LogP contribution < -0.4 is 20.1 Å². The van der Waals surface area contributed by atoms with Crippen LogP contribution >= 0.6 is 0 Å². The summed E-state index contributed by atoms with van der Waals surface area (Å²) in [5.41, 5.74) is 3.88. The lowest BCUT2D eigenvalue weighted by atomic mass is 10.1. The van der Waals surface area contributed by atoms with Crippen molar-refractivity contribution in [1.29, 1.82) is 0 Å². The standard InChI is InChI=1S/C20H21N3O3/c1-12-5-8-19(26-4)18(9-12)23-20(24)22-16-10-13(2)21-17-11-14(25-3)6-7-15(16)17/h5-11H,1-4H3,(H2,21,22,23,24). The highest BCUT2D eigenvalue weighted by Crippen LogP contribution is 2.28. The summed E-state index contributed by atoms with van der Waals surface area (Å²) in [6, 6.07) is 12.7. The number of fused-ring (bicyclic) bond motifs is 1. The van der Waals surface area contributed by atoms with Gasteiger partial charge in [-0.1, -0.05) is 6.07 Å². The number of carbonyl (C=O) groups excluding carboxylic acids is 1. The van der Waals surface area contributed by atoms with E-state index in [9.17, 15) is 4.79 Å². The SMILES string of the molecule is COc1ccc2c(NC(=O)Nc3cc(C)ccc3OC)cc(C)nc2c1. The van der Waals surface area contributed by atoms with E-state index in [1.807, 2.05) is 56.3 Å². The molecule has 2 amide bonds. The van der Waals surface area contributed by atoms with Gasteiger partial charge in [-0.25, -0.2) is 4.79 Å². The zero-order valence-electron chi connectivity index (χ0n) is 15.2. The Hall–Kier alpha value is -3.28. The highest BCUT2D eigenvalue weighted by Gasteiger charge is 2.11. The van der Waals surface area contributed by atoms with E-state index in [1.165, 1.54) is 0 Å². The van der Waals surface area contributed by atoms with Gasteiger partial charge < -0.3 is 20.1 Å². The van der Waals surface area contributed by atoms with Gasteiger partial charge >= 0.3 is 6.03 Å². The lowest BCUT2D eigenvalue weighted by Crippen LogP contribution is -2.20. The van der Waals surface area contributed by atoms with Gasteiger partial charge in [0.1, 0.15) is 11.5 Å². The Morgan fingerprint density at radius 3 is 2.42 bits per heavy atom. The van der Waals surface area contributed by atoms with Crippen LogP contribution in [0, 0.1) is 13.8 Å². The third-order valence-corrected chi connectivity index (χ3v) is 4.00. The molecular weight excluding hydrogens is 330 g/mol. The predicted molar refractivity (Wildman–Crippen MR) is 103 cm³/mol. The number of amides is 2. The summed E-state index contributed by atoms with van der Waals surface area (Å²) >= 11 is 0. The number of aromatic nitrogens is 1. The summed E-state index contributed by atoms with van der Waals surface area (Å²) in [5.74, 6) is 1.32. The fourth-order valence-corrected chi connectivity index (χ4v) is 2.77. The van der Waals surface area contributed by atoms with Gasteiger partial charge in [0.2, 0.25) is 0 Å². The molecule has 2 aromatic carbocycles. The van der Waals surface area contributed by atoms with Crippen molar-refractivity contribution in [3.8, 4) is 11.5 Å². The Morgan fingerprint density at radius 1 is 0.923 bits per heavy atom. The van der Waals surface area contributed by atoms with Crippen molar-refractivity contribution in [2.24, 2.45) is 0 Å². The second-order valence-electron chi connectivity index (χ2n) is 5.98. The largest absolute Gasteiger partial charge is 0.497 e. The predicted octanol–water partition coefficient (Wildman–Crippen LogP) is 4.51. The van der Waals surface area contributed by atoms with Gasteiger partial charge in [0, 0.05) is 17.1 Å². The summed E-state index contributed by atoms with van der Waals surface area (Å²) in [7, 11) is 3.18. The van der Waals surface area contributed by atoms with Crippen molar-refractivity contribution >= 4 is 28.3 Å². The van der Waals surface area contributed by atoms with Crippen molar-refractivity contribution in [2.45, 2.75) is 13.8 Å². The zero-order valence-corrected chi connectivity index (χ0v) is 15.2. The lowest BCUT2D eigenvalue weighted by molar-refractivity contribution is 0.262. The average molecular weight is 351 g/mol. The number of urea groups is 1. The number of benzene rings is 2. The smallest absolute Gasteiger partial charge is 0.323 e. The molecule has 3 rings (SSSR count). The van der Waals surface area contributed by atoms with Crippen LogP contribution in [0.3, 0.4) is 0 Å². The maximum absolute atomic E-state index is 12.5. The first-order chi connectivity index (χ1) is 12.5. The fourth-order valence-electron chi connectivity index (χ4n) is 2.77. The monoisotopic (exact) mass is 351 g/mol. The molecule has 0 bridgehead atoms.